The lowest BCUT2D eigenvalue weighted by Gasteiger charge is -2.32. The summed E-state index contributed by atoms with van der Waals surface area (Å²) in [7, 11) is 0. The molecule has 1 fully saturated rings. The number of halogens is 4. The molecule has 9 nitrogen and oxygen atoms in total. The number of aliphatic carboxylic acids is 1. The topological polar surface area (TPSA) is 126 Å². The van der Waals surface area contributed by atoms with Gasteiger partial charge in [-0.05, 0) is 24.3 Å². The Morgan fingerprint density at radius 2 is 1.68 bits per heavy atom. The molecule has 2 aromatic carbocycles. The summed E-state index contributed by atoms with van der Waals surface area (Å²) in [5, 5.41) is 13.0. The second-order valence-electron chi connectivity index (χ2n) is 9.16. The number of nitrogens with zero attached hydrogens (tertiary/aromatic N) is 2. The minimum Gasteiger partial charge on any atom is -0.481 e. The lowest BCUT2D eigenvalue weighted by atomic mass is 9.94. The van der Waals surface area contributed by atoms with Crippen molar-refractivity contribution in [1.82, 2.24) is 15.2 Å². The largest absolute Gasteiger partial charge is 0.481 e. The second kappa shape index (κ2) is 12.1. The summed E-state index contributed by atoms with van der Waals surface area (Å²) in [6.07, 6.45) is 1.09. The number of fused-ring (bicyclic) bond motifs is 1. The molecule has 2 heterocycles. The molecule has 3 aromatic rings. The van der Waals surface area contributed by atoms with E-state index in [1.165, 1.54) is 6.20 Å². The van der Waals surface area contributed by atoms with E-state index in [-0.39, 0.29) is 43.6 Å². The highest BCUT2D eigenvalue weighted by atomic mass is 19.2. The molecule has 1 aromatic heterocycles. The number of rotatable bonds is 9. The van der Waals surface area contributed by atoms with Crippen LogP contribution < -0.4 is 10.1 Å². The van der Waals surface area contributed by atoms with E-state index >= 15 is 0 Å². The van der Waals surface area contributed by atoms with Gasteiger partial charge in [-0.25, -0.2) is 8.78 Å². The second-order valence-corrected chi connectivity index (χ2v) is 9.16. The van der Waals surface area contributed by atoms with Gasteiger partial charge < -0.3 is 20.1 Å². The maximum atomic E-state index is 13.8. The Labute approximate surface area is 224 Å². The molecule has 2 amide bonds. The summed E-state index contributed by atoms with van der Waals surface area (Å²) in [6.45, 7) is -0.766. The summed E-state index contributed by atoms with van der Waals surface area (Å²) < 4.78 is 59.0. The van der Waals surface area contributed by atoms with Gasteiger partial charge in [0.2, 0.25) is 17.5 Å². The third-order valence-corrected chi connectivity index (χ3v) is 6.54. The fourth-order valence-electron chi connectivity index (χ4n) is 4.42. The zero-order valence-electron chi connectivity index (χ0n) is 20.8. The molecule has 1 atom stereocenters. The first-order valence-corrected chi connectivity index (χ1v) is 12.2. The molecular weight excluding hydrogens is 538 g/mol. The van der Waals surface area contributed by atoms with Crippen LogP contribution in [0.1, 0.15) is 29.8 Å². The number of ketones is 1. The minimum atomic E-state index is -1.87. The Kier molecular flexibility index (Phi) is 8.61. The third kappa shape index (κ3) is 6.19. The van der Waals surface area contributed by atoms with Crippen LogP contribution >= 0.6 is 0 Å². The number of carbonyl (C=O) groups is 4. The molecule has 0 spiro atoms. The fraction of sp³-hybridized carbons (Fsp3) is 0.296. The smallest absolute Gasteiger partial charge is 0.305 e. The number of carboxylic acids is 1. The lowest BCUT2D eigenvalue weighted by Crippen LogP contribution is -2.49. The Morgan fingerprint density at radius 1 is 1.02 bits per heavy atom. The molecule has 2 N–H and O–H groups in total. The van der Waals surface area contributed by atoms with Gasteiger partial charge in [0.1, 0.15) is 18.3 Å². The van der Waals surface area contributed by atoms with Crippen molar-refractivity contribution < 1.29 is 46.6 Å². The zero-order chi connectivity index (χ0) is 29.0. The summed E-state index contributed by atoms with van der Waals surface area (Å²) in [5.74, 6) is -12.9. The van der Waals surface area contributed by atoms with Gasteiger partial charge in [-0.3, -0.25) is 24.2 Å². The number of hydrogen-bond acceptors (Lipinski definition) is 6. The summed E-state index contributed by atoms with van der Waals surface area (Å²) in [5.41, 5.74) is 0.277. The molecule has 0 aliphatic carbocycles. The van der Waals surface area contributed by atoms with Crippen molar-refractivity contribution in [3.8, 4) is 5.75 Å². The van der Waals surface area contributed by atoms with Gasteiger partial charge in [0.15, 0.2) is 23.2 Å². The molecule has 1 saturated heterocycles. The molecule has 1 aliphatic heterocycles. The molecule has 0 saturated carbocycles. The van der Waals surface area contributed by atoms with E-state index < -0.39 is 71.7 Å². The normalized spacial score (nSPS) is 14.6. The van der Waals surface area contributed by atoms with Crippen molar-refractivity contribution >= 4 is 34.3 Å². The van der Waals surface area contributed by atoms with Crippen LogP contribution in [-0.4, -0.2) is 64.3 Å². The highest BCUT2D eigenvalue weighted by Gasteiger charge is 2.32. The predicted octanol–water partition coefficient (Wildman–Crippen LogP) is 3.25. The predicted molar refractivity (Wildman–Crippen MR) is 131 cm³/mol. The van der Waals surface area contributed by atoms with E-state index in [9.17, 15) is 36.7 Å². The maximum absolute atomic E-state index is 13.8. The number of piperidine rings is 1. The molecule has 0 radical (unpaired) electrons. The van der Waals surface area contributed by atoms with E-state index in [1.54, 1.807) is 23.1 Å². The van der Waals surface area contributed by atoms with Crippen LogP contribution in [0.4, 0.5) is 17.6 Å². The number of amides is 2. The first kappa shape index (κ1) is 28.5. The number of carbonyl (C=O) groups excluding carboxylic acids is 3. The summed E-state index contributed by atoms with van der Waals surface area (Å²) in [6, 6.07) is 7.37. The van der Waals surface area contributed by atoms with E-state index in [0.717, 1.165) is 5.39 Å². The van der Waals surface area contributed by atoms with Crippen molar-refractivity contribution in [2.24, 2.45) is 5.92 Å². The van der Waals surface area contributed by atoms with Gasteiger partial charge >= 0.3 is 5.97 Å². The number of hydrogen-bond donors (Lipinski definition) is 2. The average molecular weight is 561 g/mol. The Morgan fingerprint density at radius 3 is 2.33 bits per heavy atom. The molecule has 4 rings (SSSR count). The van der Waals surface area contributed by atoms with E-state index in [2.05, 4.69) is 15.0 Å². The van der Waals surface area contributed by atoms with Crippen molar-refractivity contribution in [2.45, 2.75) is 25.3 Å². The van der Waals surface area contributed by atoms with Crippen molar-refractivity contribution in [2.75, 3.05) is 19.7 Å². The van der Waals surface area contributed by atoms with E-state index in [0.29, 0.717) is 5.39 Å². The maximum Gasteiger partial charge on any atom is 0.305 e. The van der Waals surface area contributed by atoms with Crippen molar-refractivity contribution in [3.05, 3.63) is 71.6 Å². The quantitative estimate of drug-likeness (QED) is 0.304. The Balaban J connectivity index is 1.37. The van der Waals surface area contributed by atoms with E-state index in [1.807, 2.05) is 12.1 Å². The Bertz CT molecular complexity index is 1440. The summed E-state index contributed by atoms with van der Waals surface area (Å²) in [4.78, 5) is 55.6. The minimum absolute atomic E-state index is 0.0375. The number of ether oxygens (including phenoxy) is 1. The lowest BCUT2D eigenvalue weighted by molar-refractivity contribution is -0.141. The number of carboxylic acid groups (broad SMARTS) is 1. The molecule has 1 aliphatic rings. The Hall–Kier alpha value is -4.55. The van der Waals surface area contributed by atoms with Crippen LogP contribution in [0.3, 0.4) is 0 Å². The third-order valence-electron chi connectivity index (χ3n) is 6.54. The van der Waals surface area contributed by atoms with Crippen LogP contribution in [0.15, 0.2) is 42.6 Å². The number of nitrogens with one attached hydrogen (secondary N) is 1. The first-order valence-electron chi connectivity index (χ1n) is 12.2. The highest BCUT2D eigenvalue weighted by Crippen LogP contribution is 2.27. The number of benzene rings is 2. The fourth-order valence-corrected chi connectivity index (χ4v) is 4.42. The van der Waals surface area contributed by atoms with Gasteiger partial charge in [0.25, 0.3) is 5.91 Å². The van der Waals surface area contributed by atoms with Crippen LogP contribution in [0.25, 0.3) is 10.8 Å². The number of pyridine rings is 1. The van der Waals surface area contributed by atoms with Crippen LogP contribution in [0, 0.1) is 29.2 Å². The molecule has 210 valence electrons. The van der Waals surface area contributed by atoms with E-state index in [4.69, 9.17) is 5.11 Å². The summed E-state index contributed by atoms with van der Waals surface area (Å²) >= 11 is 0. The van der Waals surface area contributed by atoms with Gasteiger partial charge in [-0.2, -0.15) is 8.78 Å². The van der Waals surface area contributed by atoms with Gasteiger partial charge in [-0.15, -0.1) is 0 Å². The van der Waals surface area contributed by atoms with Gasteiger partial charge in [0, 0.05) is 36.7 Å². The van der Waals surface area contributed by atoms with Crippen molar-refractivity contribution in [3.63, 3.8) is 0 Å². The van der Waals surface area contributed by atoms with Crippen LogP contribution in [-0.2, 0) is 14.4 Å². The first-order chi connectivity index (χ1) is 19.1. The average Bonchev–Trinajstić information content (AvgIpc) is 2.94. The van der Waals surface area contributed by atoms with Gasteiger partial charge in [-0.1, -0.05) is 24.3 Å². The number of likely N-dealkylation sites (tertiary alicyclic amines) is 1. The number of Topliss-reactive ketones (excluding diaryl/α,β-unsaturated/α-hetero) is 1. The highest BCUT2D eigenvalue weighted by molar-refractivity contribution is 6.05. The zero-order valence-corrected chi connectivity index (χ0v) is 20.8. The molecule has 40 heavy (non-hydrogen) atoms. The molecular formula is C27H23F4N3O6. The monoisotopic (exact) mass is 561 g/mol. The van der Waals surface area contributed by atoms with Crippen LogP contribution in [0.5, 0.6) is 5.75 Å². The van der Waals surface area contributed by atoms with Gasteiger partial charge in [0.05, 0.1) is 6.42 Å². The van der Waals surface area contributed by atoms with Crippen LogP contribution in [0.2, 0.25) is 0 Å². The molecule has 13 heteroatoms. The SMILES string of the molecule is O=C(O)C[C@H](NC(=O)C1CCN(C(=O)c2nccc3ccccc23)CC1)C(=O)COc1c(F)c(F)cc(F)c1F. The molecule has 0 bridgehead atoms. The standard InChI is InChI=1S/C27H23F4N3O6/c28-17-11-18(29)23(31)25(22(17)30)40-13-20(35)19(12-21(36)37)33-26(38)15-6-9-34(10-7-15)27(39)24-16-4-2-1-3-14(16)5-8-32-24/h1-5,8,11,15,19H,6-7,9-10,12-13H2,(H,33,38)(H,36,37)/t19-/m0/s1. The molecule has 0 unspecified atom stereocenters. The number of aromatic nitrogens is 1. The van der Waals surface area contributed by atoms with Crippen molar-refractivity contribution in [1.29, 1.82) is 0 Å².